The second-order valence-electron chi connectivity index (χ2n) is 6.59. The molecule has 0 radical (unpaired) electrons. The Kier molecular flexibility index (Phi) is 5.14. The molecule has 9 nitrogen and oxygen atoms in total. The molecule has 3 rings (SSSR count). The van der Waals surface area contributed by atoms with Crippen LogP contribution in [-0.2, 0) is 0 Å². The molecule has 1 heterocycles. The summed E-state index contributed by atoms with van der Waals surface area (Å²) in [5, 5.41) is 21.5. The first kappa shape index (κ1) is 19.7. The Morgan fingerprint density at radius 2 is 1.79 bits per heavy atom. The SMILES string of the molecule is Cc1ccc(-n2c(O)c(C=Nc3ccc([N+](=O)[O-])c(C)c3)c(=O)[nH]c2=O)cc1C. The first-order valence-electron chi connectivity index (χ1n) is 8.64. The summed E-state index contributed by atoms with van der Waals surface area (Å²) in [6, 6.07) is 9.39. The van der Waals surface area contributed by atoms with Crippen LogP contribution in [-0.4, -0.2) is 25.8 Å². The lowest BCUT2D eigenvalue weighted by atomic mass is 10.1. The molecule has 2 aromatic carbocycles. The van der Waals surface area contributed by atoms with Crippen LogP contribution < -0.4 is 11.2 Å². The zero-order valence-electron chi connectivity index (χ0n) is 16.0. The van der Waals surface area contributed by atoms with Gasteiger partial charge in [-0.25, -0.2) is 9.36 Å². The number of nitro benzene ring substituents is 1. The van der Waals surface area contributed by atoms with Gasteiger partial charge in [-0.05, 0) is 56.2 Å². The highest BCUT2D eigenvalue weighted by Gasteiger charge is 2.15. The zero-order valence-corrected chi connectivity index (χ0v) is 16.0. The molecule has 0 fully saturated rings. The van der Waals surface area contributed by atoms with Crippen LogP contribution in [0, 0.1) is 30.9 Å². The number of benzene rings is 2. The number of aliphatic imine (C=N–C) groups is 1. The third kappa shape index (κ3) is 3.84. The number of nitrogens with zero attached hydrogens (tertiary/aromatic N) is 3. The topological polar surface area (TPSA) is 131 Å². The molecule has 0 saturated carbocycles. The molecule has 9 heteroatoms. The lowest BCUT2D eigenvalue weighted by Gasteiger charge is -2.11. The zero-order chi connectivity index (χ0) is 21.3. The second-order valence-corrected chi connectivity index (χ2v) is 6.59. The number of aromatic hydroxyl groups is 1. The van der Waals surface area contributed by atoms with Gasteiger partial charge in [0.2, 0.25) is 5.88 Å². The minimum Gasteiger partial charge on any atom is -0.493 e. The number of nitrogens with one attached hydrogen (secondary N) is 1. The predicted octanol–water partition coefficient (Wildman–Crippen LogP) is 2.82. The van der Waals surface area contributed by atoms with E-state index in [2.05, 4.69) is 9.98 Å². The monoisotopic (exact) mass is 394 g/mol. The molecule has 1 aromatic heterocycles. The summed E-state index contributed by atoms with van der Waals surface area (Å²) in [5.41, 5.74) is 1.25. The standard InChI is InChI=1S/C20H18N4O5/c1-11-4-6-15(9-12(11)2)23-19(26)16(18(25)22-20(23)27)10-21-14-5-7-17(24(28)29)13(3)8-14/h4-10,26H,1-3H3,(H,22,25,27). The quantitative estimate of drug-likeness (QED) is 0.399. The molecule has 0 saturated heterocycles. The summed E-state index contributed by atoms with van der Waals surface area (Å²) < 4.78 is 0.982. The van der Waals surface area contributed by atoms with Crippen molar-refractivity contribution in [1.82, 2.24) is 9.55 Å². The Hall–Kier alpha value is -4.01. The predicted molar refractivity (Wildman–Crippen MR) is 109 cm³/mol. The van der Waals surface area contributed by atoms with E-state index >= 15 is 0 Å². The highest BCUT2D eigenvalue weighted by atomic mass is 16.6. The smallest absolute Gasteiger partial charge is 0.335 e. The molecule has 0 aliphatic carbocycles. The van der Waals surface area contributed by atoms with E-state index in [-0.39, 0.29) is 11.3 Å². The lowest BCUT2D eigenvalue weighted by Crippen LogP contribution is -2.31. The van der Waals surface area contributed by atoms with Gasteiger partial charge in [-0.15, -0.1) is 0 Å². The summed E-state index contributed by atoms with van der Waals surface area (Å²) in [4.78, 5) is 41.1. The number of aromatic nitrogens is 2. The molecule has 0 unspecified atom stereocenters. The maximum absolute atomic E-state index is 12.3. The minimum atomic E-state index is -0.796. The average molecular weight is 394 g/mol. The molecular formula is C20H18N4O5. The van der Waals surface area contributed by atoms with Crippen LogP contribution in [0.1, 0.15) is 22.3 Å². The fraction of sp³-hybridized carbons (Fsp3) is 0.150. The lowest BCUT2D eigenvalue weighted by molar-refractivity contribution is -0.385. The highest BCUT2D eigenvalue weighted by Crippen LogP contribution is 2.24. The maximum Gasteiger partial charge on any atom is 0.335 e. The van der Waals surface area contributed by atoms with E-state index in [9.17, 15) is 24.8 Å². The Labute approximate surface area is 164 Å². The number of aromatic amines is 1. The second kappa shape index (κ2) is 7.55. The van der Waals surface area contributed by atoms with Crippen LogP contribution in [0.5, 0.6) is 5.88 Å². The van der Waals surface area contributed by atoms with Gasteiger partial charge in [0.15, 0.2) is 0 Å². The fourth-order valence-electron chi connectivity index (χ4n) is 2.82. The molecule has 3 aromatic rings. The highest BCUT2D eigenvalue weighted by molar-refractivity contribution is 5.84. The van der Waals surface area contributed by atoms with Crippen LogP contribution in [0.15, 0.2) is 51.0 Å². The summed E-state index contributed by atoms with van der Waals surface area (Å²) in [7, 11) is 0. The van der Waals surface area contributed by atoms with Gasteiger partial charge in [0.05, 0.1) is 16.3 Å². The molecule has 0 aliphatic heterocycles. The van der Waals surface area contributed by atoms with Crippen molar-refractivity contribution in [3.63, 3.8) is 0 Å². The number of rotatable bonds is 4. The van der Waals surface area contributed by atoms with Crippen molar-refractivity contribution in [3.8, 4) is 11.6 Å². The van der Waals surface area contributed by atoms with Crippen LogP contribution in [0.4, 0.5) is 11.4 Å². The first-order chi connectivity index (χ1) is 13.7. The maximum atomic E-state index is 12.3. The van der Waals surface area contributed by atoms with Crippen LogP contribution in [0.3, 0.4) is 0 Å². The third-order valence-electron chi connectivity index (χ3n) is 4.59. The summed E-state index contributed by atoms with van der Waals surface area (Å²) in [6.45, 7) is 5.35. The van der Waals surface area contributed by atoms with Crippen molar-refractivity contribution in [2.45, 2.75) is 20.8 Å². The normalized spacial score (nSPS) is 11.1. The van der Waals surface area contributed by atoms with Gasteiger partial charge in [0.1, 0.15) is 5.56 Å². The van der Waals surface area contributed by atoms with E-state index in [1.54, 1.807) is 25.1 Å². The van der Waals surface area contributed by atoms with Gasteiger partial charge >= 0.3 is 5.69 Å². The molecule has 29 heavy (non-hydrogen) atoms. The van der Waals surface area contributed by atoms with Crippen LogP contribution in [0.2, 0.25) is 0 Å². The molecular weight excluding hydrogens is 376 g/mol. The van der Waals surface area contributed by atoms with Crippen molar-refractivity contribution in [3.05, 3.63) is 89.6 Å². The van der Waals surface area contributed by atoms with Gasteiger partial charge in [0.25, 0.3) is 11.2 Å². The van der Waals surface area contributed by atoms with E-state index < -0.39 is 22.1 Å². The molecule has 0 bridgehead atoms. The largest absolute Gasteiger partial charge is 0.493 e. The Morgan fingerprint density at radius 3 is 2.41 bits per heavy atom. The Balaban J connectivity index is 2.09. The number of nitro groups is 1. The van der Waals surface area contributed by atoms with Crippen LogP contribution >= 0.6 is 0 Å². The molecule has 148 valence electrons. The average Bonchev–Trinajstić information content (AvgIpc) is 2.64. The number of hydrogen-bond acceptors (Lipinski definition) is 6. The Bertz CT molecular complexity index is 1270. The summed E-state index contributed by atoms with van der Waals surface area (Å²) in [6.07, 6.45) is 1.12. The van der Waals surface area contributed by atoms with Gasteiger partial charge < -0.3 is 5.11 Å². The minimum absolute atomic E-state index is 0.0482. The fourth-order valence-corrected chi connectivity index (χ4v) is 2.82. The van der Waals surface area contributed by atoms with Gasteiger partial charge in [-0.1, -0.05) is 6.07 Å². The molecule has 0 spiro atoms. The van der Waals surface area contributed by atoms with E-state index in [0.717, 1.165) is 21.9 Å². The third-order valence-corrected chi connectivity index (χ3v) is 4.59. The van der Waals surface area contributed by atoms with Crippen molar-refractivity contribution in [1.29, 1.82) is 0 Å². The van der Waals surface area contributed by atoms with Crippen LogP contribution in [0.25, 0.3) is 5.69 Å². The number of H-pyrrole nitrogens is 1. The molecule has 0 atom stereocenters. The van der Waals surface area contributed by atoms with E-state index in [4.69, 9.17) is 0 Å². The first-order valence-corrected chi connectivity index (χ1v) is 8.64. The number of aryl methyl sites for hydroxylation is 3. The molecule has 0 aliphatic rings. The van der Waals surface area contributed by atoms with E-state index in [1.807, 2.05) is 13.8 Å². The van der Waals surface area contributed by atoms with Crippen molar-refractivity contribution in [2.24, 2.45) is 4.99 Å². The van der Waals surface area contributed by atoms with Gasteiger partial charge in [-0.3, -0.25) is 24.9 Å². The van der Waals surface area contributed by atoms with E-state index in [1.165, 1.54) is 18.2 Å². The molecule has 0 amide bonds. The van der Waals surface area contributed by atoms with Crippen molar-refractivity contribution in [2.75, 3.05) is 0 Å². The summed E-state index contributed by atoms with van der Waals surface area (Å²) in [5.74, 6) is -0.551. The van der Waals surface area contributed by atoms with Gasteiger partial charge in [-0.2, -0.15) is 0 Å². The van der Waals surface area contributed by atoms with E-state index in [0.29, 0.717) is 16.9 Å². The molecule has 2 N–H and O–H groups in total. The Morgan fingerprint density at radius 1 is 1.07 bits per heavy atom. The number of hydrogen-bond donors (Lipinski definition) is 2. The van der Waals surface area contributed by atoms with Gasteiger partial charge in [0, 0.05) is 17.8 Å². The van der Waals surface area contributed by atoms with Crippen molar-refractivity contribution >= 4 is 17.6 Å². The van der Waals surface area contributed by atoms with Crippen molar-refractivity contribution < 1.29 is 10.0 Å². The summed E-state index contributed by atoms with van der Waals surface area (Å²) >= 11 is 0.